The van der Waals surface area contributed by atoms with Crippen LogP contribution in [0.25, 0.3) is 0 Å². The van der Waals surface area contributed by atoms with E-state index >= 15 is 0 Å². The SMILES string of the molecule is CC(C)Nc1nccnc1Oc1ccc(Nc2ccccn2)cc1. The molecule has 0 unspecified atom stereocenters. The van der Waals surface area contributed by atoms with Crippen LogP contribution < -0.4 is 15.4 Å². The fourth-order valence-corrected chi connectivity index (χ4v) is 2.07. The predicted octanol–water partition coefficient (Wildman–Crippen LogP) is 4.23. The quantitative estimate of drug-likeness (QED) is 0.708. The molecule has 1 aromatic carbocycles. The maximum atomic E-state index is 5.84. The number of benzene rings is 1. The summed E-state index contributed by atoms with van der Waals surface area (Å²) in [4.78, 5) is 12.7. The van der Waals surface area contributed by atoms with Gasteiger partial charge in [0.2, 0.25) is 0 Å². The molecule has 3 rings (SSSR count). The third-order valence-corrected chi connectivity index (χ3v) is 3.10. The highest BCUT2D eigenvalue weighted by atomic mass is 16.5. The van der Waals surface area contributed by atoms with E-state index in [0.717, 1.165) is 11.5 Å². The molecule has 2 aromatic heterocycles. The zero-order valence-electron chi connectivity index (χ0n) is 13.6. The van der Waals surface area contributed by atoms with Crippen LogP contribution in [0.3, 0.4) is 0 Å². The summed E-state index contributed by atoms with van der Waals surface area (Å²) in [6, 6.07) is 13.6. The first kappa shape index (κ1) is 15.7. The standard InChI is InChI=1S/C18H19N5O/c1-13(2)22-17-18(21-12-11-20-17)24-15-8-6-14(7-9-15)23-16-5-3-4-10-19-16/h3-13H,1-2H3,(H,19,23)(H,20,22). The van der Waals surface area contributed by atoms with Crippen LogP contribution in [0.1, 0.15) is 13.8 Å². The Balaban J connectivity index is 1.71. The van der Waals surface area contributed by atoms with Crippen molar-refractivity contribution in [3.8, 4) is 11.6 Å². The molecule has 3 aromatic rings. The van der Waals surface area contributed by atoms with Gasteiger partial charge in [-0.3, -0.25) is 0 Å². The molecule has 2 heterocycles. The third kappa shape index (κ3) is 4.19. The van der Waals surface area contributed by atoms with Gasteiger partial charge in [-0.05, 0) is 50.2 Å². The maximum Gasteiger partial charge on any atom is 0.262 e. The van der Waals surface area contributed by atoms with E-state index in [0.29, 0.717) is 17.4 Å². The Morgan fingerprint density at radius 3 is 2.38 bits per heavy atom. The lowest BCUT2D eigenvalue weighted by Crippen LogP contribution is -2.12. The smallest absolute Gasteiger partial charge is 0.262 e. The molecular formula is C18H19N5O. The third-order valence-electron chi connectivity index (χ3n) is 3.10. The van der Waals surface area contributed by atoms with Gasteiger partial charge >= 0.3 is 0 Å². The van der Waals surface area contributed by atoms with Gasteiger partial charge in [0, 0.05) is 30.3 Å². The van der Waals surface area contributed by atoms with Crippen LogP contribution in [-0.2, 0) is 0 Å². The lowest BCUT2D eigenvalue weighted by atomic mass is 10.3. The summed E-state index contributed by atoms with van der Waals surface area (Å²) in [6.07, 6.45) is 4.99. The molecule has 0 saturated heterocycles. The van der Waals surface area contributed by atoms with E-state index in [1.807, 2.05) is 56.3 Å². The van der Waals surface area contributed by atoms with Crippen molar-refractivity contribution >= 4 is 17.3 Å². The second-order valence-corrected chi connectivity index (χ2v) is 5.48. The van der Waals surface area contributed by atoms with Crippen molar-refractivity contribution in [1.82, 2.24) is 15.0 Å². The summed E-state index contributed by atoms with van der Waals surface area (Å²) >= 11 is 0. The fraction of sp³-hybridized carbons (Fsp3) is 0.167. The highest BCUT2D eigenvalue weighted by Gasteiger charge is 2.08. The van der Waals surface area contributed by atoms with E-state index in [1.54, 1.807) is 18.6 Å². The van der Waals surface area contributed by atoms with Crippen LogP contribution >= 0.6 is 0 Å². The Morgan fingerprint density at radius 1 is 0.875 bits per heavy atom. The number of anilines is 3. The normalized spacial score (nSPS) is 10.5. The molecule has 0 fully saturated rings. The molecular weight excluding hydrogens is 302 g/mol. The molecule has 6 nitrogen and oxygen atoms in total. The van der Waals surface area contributed by atoms with E-state index in [2.05, 4.69) is 25.6 Å². The van der Waals surface area contributed by atoms with Gasteiger partial charge in [-0.15, -0.1) is 0 Å². The lowest BCUT2D eigenvalue weighted by Gasteiger charge is -2.13. The van der Waals surface area contributed by atoms with Crippen LogP contribution in [0.4, 0.5) is 17.3 Å². The van der Waals surface area contributed by atoms with Gasteiger partial charge < -0.3 is 15.4 Å². The van der Waals surface area contributed by atoms with Crippen molar-refractivity contribution in [1.29, 1.82) is 0 Å². The van der Waals surface area contributed by atoms with Gasteiger partial charge in [-0.2, -0.15) is 0 Å². The first-order valence-electron chi connectivity index (χ1n) is 7.74. The Hall–Kier alpha value is -3.15. The number of hydrogen-bond donors (Lipinski definition) is 2. The van der Waals surface area contributed by atoms with Gasteiger partial charge in [0.05, 0.1) is 0 Å². The van der Waals surface area contributed by atoms with Crippen molar-refractivity contribution in [3.05, 3.63) is 61.1 Å². The van der Waals surface area contributed by atoms with E-state index in [9.17, 15) is 0 Å². The molecule has 0 aliphatic rings. The number of nitrogens with one attached hydrogen (secondary N) is 2. The largest absolute Gasteiger partial charge is 0.436 e. The van der Waals surface area contributed by atoms with Crippen molar-refractivity contribution in [2.75, 3.05) is 10.6 Å². The summed E-state index contributed by atoms with van der Waals surface area (Å²) in [5.41, 5.74) is 0.931. The van der Waals surface area contributed by atoms with E-state index in [4.69, 9.17) is 4.74 Å². The number of rotatable bonds is 6. The van der Waals surface area contributed by atoms with E-state index < -0.39 is 0 Å². The Bertz CT molecular complexity index is 775. The molecule has 6 heteroatoms. The molecule has 0 aliphatic heterocycles. The number of pyridine rings is 1. The van der Waals surface area contributed by atoms with Crippen LogP contribution in [-0.4, -0.2) is 21.0 Å². The number of aromatic nitrogens is 3. The van der Waals surface area contributed by atoms with E-state index in [1.165, 1.54) is 0 Å². The lowest BCUT2D eigenvalue weighted by molar-refractivity contribution is 0.462. The average Bonchev–Trinajstić information content (AvgIpc) is 2.59. The van der Waals surface area contributed by atoms with Crippen molar-refractivity contribution in [2.24, 2.45) is 0 Å². The monoisotopic (exact) mass is 321 g/mol. The minimum absolute atomic E-state index is 0.244. The van der Waals surface area contributed by atoms with Crippen LogP contribution in [0.5, 0.6) is 11.6 Å². The number of ether oxygens (including phenoxy) is 1. The van der Waals surface area contributed by atoms with Gasteiger partial charge in [0.25, 0.3) is 5.88 Å². The molecule has 0 atom stereocenters. The second kappa shape index (κ2) is 7.41. The van der Waals surface area contributed by atoms with Crippen LogP contribution in [0.15, 0.2) is 61.1 Å². The van der Waals surface area contributed by atoms with Gasteiger partial charge in [-0.25, -0.2) is 15.0 Å². The zero-order chi connectivity index (χ0) is 16.8. The average molecular weight is 321 g/mol. The molecule has 0 amide bonds. The van der Waals surface area contributed by atoms with Crippen molar-refractivity contribution < 1.29 is 4.74 Å². The second-order valence-electron chi connectivity index (χ2n) is 5.48. The van der Waals surface area contributed by atoms with Gasteiger partial charge in [0.15, 0.2) is 5.82 Å². The first-order valence-corrected chi connectivity index (χ1v) is 7.74. The van der Waals surface area contributed by atoms with Crippen molar-refractivity contribution in [3.63, 3.8) is 0 Å². The number of nitrogens with zero attached hydrogens (tertiary/aromatic N) is 3. The zero-order valence-corrected chi connectivity index (χ0v) is 13.6. The Morgan fingerprint density at radius 2 is 1.67 bits per heavy atom. The summed E-state index contributed by atoms with van der Waals surface area (Å²) in [7, 11) is 0. The fourth-order valence-electron chi connectivity index (χ4n) is 2.07. The predicted molar refractivity (Wildman–Crippen MR) is 94.8 cm³/mol. The molecule has 0 spiro atoms. The number of hydrogen-bond acceptors (Lipinski definition) is 6. The van der Waals surface area contributed by atoms with Crippen LogP contribution in [0.2, 0.25) is 0 Å². The van der Waals surface area contributed by atoms with E-state index in [-0.39, 0.29) is 6.04 Å². The molecule has 2 N–H and O–H groups in total. The summed E-state index contributed by atoms with van der Waals surface area (Å²) in [6.45, 7) is 4.08. The molecule has 0 radical (unpaired) electrons. The highest BCUT2D eigenvalue weighted by Crippen LogP contribution is 2.27. The molecule has 0 aliphatic carbocycles. The molecule has 0 bridgehead atoms. The van der Waals surface area contributed by atoms with Crippen molar-refractivity contribution in [2.45, 2.75) is 19.9 Å². The summed E-state index contributed by atoms with van der Waals surface area (Å²) in [5.74, 6) is 2.57. The topological polar surface area (TPSA) is 72.0 Å². The first-order chi connectivity index (χ1) is 11.7. The molecule has 122 valence electrons. The van der Waals surface area contributed by atoms with Gasteiger partial charge in [0.1, 0.15) is 11.6 Å². The minimum atomic E-state index is 0.244. The Labute approximate surface area is 141 Å². The van der Waals surface area contributed by atoms with Gasteiger partial charge in [-0.1, -0.05) is 6.07 Å². The summed E-state index contributed by atoms with van der Waals surface area (Å²) in [5, 5.41) is 6.44. The summed E-state index contributed by atoms with van der Waals surface area (Å²) < 4.78 is 5.84. The minimum Gasteiger partial charge on any atom is -0.436 e. The van der Waals surface area contributed by atoms with Crippen LogP contribution in [0, 0.1) is 0 Å². The maximum absolute atomic E-state index is 5.84. The molecule has 24 heavy (non-hydrogen) atoms. The molecule has 0 saturated carbocycles. The highest BCUT2D eigenvalue weighted by molar-refractivity contribution is 5.57. The Kier molecular flexibility index (Phi) is 4.86.